The van der Waals surface area contributed by atoms with Crippen LogP contribution in [0.15, 0.2) is 64.1 Å². The molecule has 0 fully saturated rings. The molecule has 122 valence electrons. The monoisotopic (exact) mass is 343 g/mol. The zero-order chi connectivity index (χ0) is 15.6. The maximum absolute atomic E-state index is 13.0. The van der Waals surface area contributed by atoms with Crippen LogP contribution in [0.4, 0.5) is 4.39 Å². The van der Waals surface area contributed by atoms with E-state index in [1.807, 2.05) is 30.3 Å². The maximum Gasteiger partial charge on any atom is 0.167 e. The fourth-order valence-corrected chi connectivity index (χ4v) is 2.55. The lowest BCUT2D eigenvalue weighted by Crippen LogP contribution is -2.19. The van der Waals surface area contributed by atoms with Crippen molar-refractivity contribution in [1.82, 2.24) is 10.5 Å². The Morgan fingerprint density at radius 1 is 0.917 bits per heavy atom. The van der Waals surface area contributed by atoms with Crippen molar-refractivity contribution >= 4 is 18.2 Å². The number of nitrogens with zero attached hydrogens (tertiary/aromatic N) is 2. The molecule has 24 heavy (non-hydrogen) atoms. The van der Waals surface area contributed by atoms with Crippen LogP contribution < -0.4 is 5.32 Å². The summed E-state index contributed by atoms with van der Waals surface area (Å²) in [6, 6.07) is 16.0. The number of benzene rings is 2. The first-order chi connectivity index (χ1) is 11.3. The van der Waals surface area contributed by atoms with Gasteiger partial charge in [-0.05, 0) is 24.3 Å². The molecule has 4 rings (SSSR count). The molecule has 6 heteroatoms. The summed E-state index contributed by atoms with van der Waals surface area (Å²) < 4.78 is 18.3. The van der Waals surface area contributed by atoms with E-state index in [1.165, 1.54) is 12.1 Å². The number of hydrogen-bond acceptors (Lipinski definition) is 4. The van der Waals surface area contributed by atoms with Crippen LogP contribution in [0.1, 0.15) is 5.56 Å². The summed E-state index contributed by atoms with van der Waals surface area (Å²) in [5, 5.41) is 7.35. The summed E-state index contributed by atoms with van der Waals surface area (Å²) in [7, 11) is 0. The maximum atomic E-state index is 13.0. The highest BCUT2D eigenvalue weighted by atomic mass is 35.5. The third-order valence-electron chi connectivity index (χ3n) is 3.77. The summed E-state index contributed by atoms with van der Waals surface area (Å²) in [5.74, 6) is 1.28. The van der Waals surface area contributed by atoms with E-state index in [0.29, 0.717) is 5.76 Å². The van der Waals surface area contributed by atoms with Gasteiger partial charge in [-0.3, -0.25) is 4.99 Å². The number of amidine groups is 1. The topological polar surface area (TPSA) is 50.4 Å². The van der Waals surface area contributed by atoms with Gasteiger partial charge in [-0.1, -0.05) is 29.4 Å². The fraction of sp³-hybridized carbons (Fsp3) is 0.111. The van der Waals surface area contributed by atoms with Gasteiger partial charge in [-0.2, -0.15) is 0 Å². The first kappa shape index (κ1) is 16.2. The Hall–Kier alpha value is -2.66. The predicted octanol–water partition coefficient (Wildman–Crippen LogP) is 3.92. The van der Waals surface area contributed by atoms with Crippen molar-refractivity contribution in [3.63, 3.8) is 0 Å². The van der Waals surface area contributed by atoms with Crippen molar-refractivity contribution in [2.75, 3.05) is 13.1 Å². The summed E-state index contributed by atoms with van der Waals surface area (Å²) in [4.78, 5) is 4.40. The smallest absolute Gasteiger partial charge is 0.167 e. The second-order valence-corrected chi connectivity index (χ2v) is 5.32. The molecule has 0 saturated carbocycles. The van der Waals surface area contributed by atoms with Crippen molar-refractivity contribution < 1.29 is 8.91 Å². The molecule has 0 aliphatic carbocycles. The van der Waals surface area contributed by atoms with E-state index < -0.39 is 0 Å². The van der Waals surface area contributed by atoms with Gasteiger partial charge in [0.25, 0.3) is 0 Å². The molecule has 0 atom stereocenters. The number of rotatable bonds is 3. The minimum absolute atomic E-state index is 0. The Kier molecular flexibility index (Phi) is 4.62. The van der Waals surface area contributed by atoms with Gasteiger partial charge in [0, 0.05) is 29.3 Å². The number of nitrogens with one attached hydrogen (secondary N) is 1. The molecule has 0 radical (unpaired) electrons. The summed E-state index contributed by atoms with van der Waals surface area (Å²) >= 11 is 0. The number of hydrogen-bond donors (Lipinski definition) is 1. The highest BCUT2D eigenvalue weighted by Crippen LogP contribution is 2.26. The third kappa shape index (κ3) is 3.16. The Balaban J connectivity index is 0.00000169. The minimum atomic E-state index is -0.271. The normalized spacial score (nSPS) is 13.1. The molecule has 0 saturated heterocycles. The van der Waals surface area contributed by atoms with E-state index in [9.17, 15) is 4.39 Å². The standard InChI is InChI=1S/C18H14FN3O.ClH/c19-15-7-5-13(6-8-15)17-11-16(22-23-17)12-1-3-14(4-2-12)18-20-9-10-21-18;/h1-8,11H,9-10H2,(H,20,21);1H. The molecule has 2 aromatic carbocycles. The van der Waals surface area contributed by atoms with Gasteiger partial charge in [0.2, 0.25) is 0 Å². The highest BCUT2D eigenvalue weighted by Gasteiger charge is 2.11. The van der Waals surface area contributed by atoms with Crippen LogP contribution in [0.5, 0.6) is 0 Å². The molecule has 1 aliphatic rings. The Morgan fingerprint density at radius 2 is 1.58 bits per heavy atom. The van der Waals surface area contributed by atoms with Crippen molar-refractivity contribution in [2.24, 2.45) is 4.99 Å². The van der Waals surface area contributed by atoms with Gasteiger partial charge in [-0.25, -0.2) is 4.39 Å². The second-order valence-electron chi connectivity index (χ2n) is 5.32. The molecule has 0 unspecified atom stereocenters. The molecule has 0 spiro atoms. The zero-order valence-electron chi connectivity index (χ0n) is 12.7. The van der Waals surface area contributed by atoms with E-state index in [0.717, 1.165) is 41.3 Å². The molecule has 1 aromatic heterocycles. The molecular weight excluding hydrogens is 329 g/mol. The largest absolute Gasteiger partial charge is 0.368 e. The lowest BCUT2D eigenvalue weighted by atomic mass is 10.1. The van der Waals surface area contributed by atoms with E-state index in [1.54, 1.807) is 12.1 Å². The van der Waals surface area contributed by atoms with Crippen molar-refractivity contribution in [3.05, 3.63) is 66.0 Å². The quantitative estimate of drug-likeness (QED) is 0.784. The summed E-state index contributed by atoms with van der Waals surface area (Å²) in [6.07, 6.45) is 0. The predicted molar refractivity (Wildman–Crippen MR) is 94.0 cm³/mol. The van der Waals surface area contributed by atoms with Crippen LogP contribution in [0, 0.1) is 5.82 Å². The molecule has 1 N–H and O–H groups in total. The zero-order valence-corrected chi connectivity index (χ0v) is 13.5. The molecule has 0 bridgehead atoms. The fourth-order valence-electron chi connectivity index (χ4n) is 2.55. The summed E-state index contributed by atoms with van der Waals surface area (Å²) in [6.45, 7) is 1.71. The average Bonchev–Trinajstić information content (AvgIpc) is 3.28. The van der Waals surface area contributed by atoms with Crippen molar-refractivity contribution in [2.45, 2.75) is 0 Å². The van der Waals surface area contributed by atoms with Gasteiger partial charge in [0.15, 0.2) is 5.76 Å². The lowest BCUT2D eigenvalue weighted by molar-refractivity contribution is 0.435. The van der Waals surface area contributed by atoms with Gasteiger partial charge in [0.05, 0.1) is 6.54 Å². The molecule has 1 aliphatic heterocycles. The van der Waals surface area contributed by atoms with E-state index in [-0.39, 0.29) is 18.2 Å². The first-order valence-corrected chi connectivity index (χ1v) is 7.41. The molecule has 0 amide bonds. The van der Waals surface area contributed by atoms with Gasteiger partial charge < -0.3 is 9.84 Å². The van der Waals surface area contributed by atoms with Crippen molar-refractivity contribution in [3.8, 4) is 22.6 Å². The summed E-state index contributed by atoms with van der Waals surface area (Å²) in [5.41, 5.74) is 3.57. The SMILES string of the molecule is Cl.Fc1ccc(-c2cc(-c3ccc(C4=NCCN4)cc3)no2)cc1. The van der Waals surface area contributed by atoms with Gasteiger partial charge in [0.1, 0.15) is 17.3 Å². The van der Waals surface area contributed by atoms with Crippen LogP contribution in [-0.4, -0.2) is 24.1 Å². The van der Waals surface area contributed by atoms with Gasteiger partial charge >= 0.3 is 0 Å². The van der Waals surface area contributed by atoms with Crippen LogP contribution in [-0.2, 0) is 0 Å². The third-order valence-corrected chi connectivity index (χ3v) is 3.77. The Bertz CT molecular complexity index is 857. The lowest BCUT2D eigenvalue weighted by Gasteiger charge is -2.02. The second kappa shape index (κ2) is 6.84. The molecule has 2 heterocycles. The average molecular weight is 344 g/mol. The minimum Gasteiger partial charge on any atom is -0.368 e. The number of aliphatic imine (C=N–C) groups is 1. The van der Waals surface area contributed by atoms with Crippen LogP contribution in [0.2, 0.25) is 0 Å². The molecule has 4 nitrogen and oxygen atoms in total. The van der Waals surface area contributed by atoms with Crippen LogP contribution >= 0.6 is 12.4 Å². The first-order valence-electron chi connectivity index (χ1n) is 7.41. The Labute approximate surface area is 144 Å². The van der Waals surface area contributed by atoms with E-state index in [2.05, 4.69) is 15.5 Å². The molecule has 3 aromatic rings. The van der Waals surface area contributed by atoms with Crippen LogP contribution in [0.3, 0.4) is 0 Å². The van der Waals surface area contributed by atoms with Gasteiger partial charge in [-0.15, -0.1) is 12.4 Å². The highest BCUT2D eigenvalue weighted by molar-refractivity contribution is 6.00. The van der Waals surface area contributed by atoms with Crippen LogP contribution in [0.25, 0.3) is 22.6 Å². The van der Waals surface area contributed by atoms with Crippen molar-refractivity contribution in [1.29, 1.82) is 0 Å². The Morgan fingerprint density at radius 3 is 2.25 bits per heavy atom. The van der Waals surface area contributed by atoms with E-state index in [4.69, 9.17) is 4.52 Å². The number of halogens is 2. The number of aromatic nitrogens is 1. The van der Waals surface area contributed by atoms with E-state index >= 15 is 0 Å². The molecular formula is C18H15ClFN3O.